The van der Waals surface area contributed by atoms with Gasteiger partial charge in [0.2, 0.25) is 5.91 Å². The topological polar surface area (TPSA) is 65.1 Å². The second-order valence-corrected chi connectivity index (χ2v) is 4.34. The Hall–Kier alpha value is -1.29. The van der Waals surface area contributed by atoms with Crippen LogP contribution in [0.4, 0.5) is 0 Å². The fraction of sp³-hybridized carbons (Fsp3) is 0.615. The third kappa shape index (κ3) is 5.54. The van der Waals surface area contributed by atoms with E-state index in [0.717, 1.165) is 25.0 Å². The monoisotopic (exact) mass is 238 g/mol. The van der Waals surface area contributed by atoms with E-state index in [1.165, 1.54) is 0 Å². The summed E-state index contributed by atoms with van der Waals surface area (Å²) >= 11 is 0. The first-order valence-corrected chi connectivity index (χ1v) is 6.26. The minimum atomic E-state index is 0.0338. The lowest BCUT2D eigenvalue weighted by Crippen LogP contribution is -2.31. The molecule has 4 nitrogen and oxygen atoms in total. The summed E-state index contributed by atoms with van der Waals surface area (Å²) < 4.78 is 0. The molecule has 3 N–H and O–H groups in total. The molecular weight excluding hydrogens is 216 g/mol. The second-order valence-electron chi connectivity index (χ2n) is 4.34. The van der Waals surface area contributed by atoms with Gasteiger partial charge in [-0.05, 0) is 30.9 Å². The van der Waals surface area contributed by atoms with Gasteiger partial charge in [0.05, 0.1) is 6.42 Å². The van der Waals surface area contributed by atoms with Crippen LogP contribution in [0.1, 0.15) is 31.9 Å². The molecule has 1 unspecified atom stereocenters. The summed E-state index contributed by atoms with van der Waals surface area (Å²) in [7, 11) is 0. The van der Waals surface area contributed by atoms with Gasteiger partial charge in [0.25, 0.3) is 0 Å². The summed E-state index contributed by atoms with van der Waals surface area (Å²) in [6.45, 7) is 2.97. The number of aliphatic hydroxyl groups is 1. The molecule has 1 heterocycles. The van der Waals surface area contributed by atoms with Crippen LogP contribution in [-0.4, -0.2) is 29.1 Å². The number of aromatic amines is 1. The van der Waals surface area contributed by atoms with Crippen LogP contribution in [0.15, 0.2) is 18.3 Å². The van der Waals surface area contributed by atoms with Crippen LogP contribution in [0.5, 0.6) is 0 Å². The molecule has 1 aromatic rings. The third-order valence-corrected chi connectivity index (χ3v) is 2.84. The minimum Gasteiger partial charge on any atom is -0.396 e. The van der Waals surface area contributed by atoms with Gasteiger partial charge < -0.3 is 15.4 Å². The van der Waals surface area contributed by atoms with Gasteiger partial charge in [-0.1, -0.05) is 13.3 Å². The molecule has 1 atom stereocenters. The van der Waals surface area contributed by atoms with Crippen molar-refractivity contribution >= 4 is 5.91 Å². The van der Waals surface area contributed by atoms with E-state index < -0.39 is 0 Å². The number of rotatable bonds is 8. The van der Waals surface area contributed by atoms with Gasteiger partial charge in [0.1, 0.15) is 0 Å². The second kappa shape index (κ2) is 7.90. The highest BCUT2D eigenvalue weighted by molar-refractivity contribution is 5.78. The number of carbonyl (C=O) groups excluding carboxylic acids is 1. The van der Waals surface area contributed by atoms with Crippen LogP contribution in [-0.2, 0) is 11.2 Å². The molecule has 0 aliphatic heterocycles. The lowest BCUT2D eigenvalue weighted by Gasteiger charge is -2.15. The molecule has 4 heteroatoms. The van der Waals surface area contributed by atoms with Crippen LogP contribution in [0.3, 0.4) is 0 Å². The zero-order valence-corrected chi connectivity index (χ0v) is 10.4. The molecule has 17 heavy (non-hydrogen) atoms. The van der Waals surface area contributed by atoms with Gasteiger partial charge in [0, 0.05) is 25.0 Å². The molecular formula is C13H22N2O2. The van der Waals surface area contributed by atoms with Gasteiger partial charge in [-0.2, -0.15) is 0 Å². The molecule has 0 spiro atoms. The predicted molar refractivity (Wildman–Crippen MR) is 67.6 cm³/mol. The van der Waals surface area contributed by atoms with Crippen molar-refractivity contribution in [3.05, 3.63) is 24.0 Å². The maximum absolute atomic E-state index is 11.6. The Bertz CT molecular complexity index is 303. The molecule has 1 amide bonds. The van der Waals surface area contributed by atoms with E-state index in [4.69, 9.17) is 5.11 Å². The Balaban J connectivity index is 2.25. The summed E-state index contributed by atoms with van der Waals surface area (Å²) in [6.07, 6.45) is 5.09. The van der Waals surface area contributed by atoms with E-state index in [2.05, 4.69) is 17.2 Å². The van der Waals surface area contributed by atoms with Crippen LogP contribution in [0, 0.1) is 5.92 Å². The Morgan fingerprint density at radius 1 is 1.53 bits per heavy atom. The highest BCUT2D eigenvalue weighted by Gasteiger charge is 2.09. The largest absolute Gasteiger partial charge is 0.396 e. The van der Waals surface area contributed by atoms with E-state index >= 15 is 0 Å². The number of H-pyrrole nitrogens is 1. The zero-order chi connectivity index (χ0) is 12.5. The fourth-order valence-corrected chi connectivity index (χ4v) is 1.91. The number of carbonyl (C=O) groups is 1. The molecule has 1 rings (SSSR count). The van der Waals surface area contributed by atoms with E-state index in [-0.39, 0.29) is 12.5 Å². The zero-order valence-electron chi connectivity index (χ0n) is 10.4. The predicted octanol–water partition coefficient (Wildman–Crippen LogP) is 1.47. The number of aromatic nitrogens is 1. The average Bonchev–Trinajstić information content (AvgIpc) is 2.79. The Labute approximate surface area is 102 Å². The van der Waals surface area contributed by atoms with Crippen LogP contribution < -0.4 is 5.32 Å². The van der Waals surface area contributed by atoms with E-state index in [1.807, 2.05) is 18.3 Å². The molecule has 0 aliphatic rings. The van der Waals surface area contributed by atoms with Gasteiger partial charge in [-0.3, -0.25) is 4.79 Å². The van der Waals surface area contributed by atoms with Crippen molar-refractivity contribution in [3.8, 4) is 0 Å². The lowest BCUT2D eigenvalue weighted by atomic mass is 10.0. The molecule has 0 aromatic carbocycles. The normalized spacial score (nSPS) is 12.4. The molecule has 0 bridgehead atoms. The quantitative estimate of drug-likeness (QED) is 0.642. The Morgan fingerprint density at radius 3 is 2.94 bits per heavy atom. The number of nitrogens with one attached hydrogen (secondary N) is 2. The first-order valence-electron chi connectivity index (χ1n) is 6.26. The van der Waals surface area contributed by atoms with E-state index in [0.29, 0.717) is 18.9 Å². The summed E-state index contributed by atoms with van der Waals surface area (Å²) in [5.41, 5.74) is 0.927. The van der Waals surface area contributed by atoms with Gasteiger partial charge in [-0.25, -0.2) is 0 Å². The molecule has 0 saturated heterocycles. The Morgan fingerprint density at radius 2 is 2.35 bits per heavy atom. The minimum absolute atomic E-state index is 0.0338. The van der Waals surface area contributed by atoms with Crippen LogP contribution in [0.25, 0.3) is 0 Å². The van der Waals surface area contributed by atoms with Crippen LogP contribution >= 0.6 is 0 Å². The van der Waals surface area contributed by atoms with Crippen molar-refractivity contribution in [3.63, 3.8) is 0 Å². The molecule has 0 radical (unpaired) electrons. The third-order valence-electron chi connectivity index (χ3n) is 2.84. The van der Waals surface area contributed by atoms with Gasteiger partial charge >= 0.3 is 0 Å². The molecule has 0 aliphatic carbocycles. The van der Waals surface area contributed by atoms with Crippen molar-refractivity contribution in [2.24, 2.45) is 5.92 Å². The van der Waals surface area contributed by atoms with Crippen molar-refractivity contribution < 1.29 is 9.90 Å². The fourth-order valence-electron chi connectivity index (χ4n) is 1.91. The summed E-state index contributed by atoms with van der Waals surface area (Å²) in [5.74, 6) is 0.420. The van der Waals surface area contributed by atoms with Crippen molar-refractivity contribution in [1.82, 2.24) is 10.3 Å². The maximum Gasteiger partial charge on any atom is 0.225 e. The smallest absolute Gasteiger partial charge is 0.225 e. The first kappa shape index (κ1) is 13.8. The highest BCUT2D eigenvalue weighted by atomic mass is 16.3. The van der Waals surface area contributed by atoms with Gasteiger partial charge in [-0.15, -0.1) is 0 Å². The molecule has 0 fully saturated rings. The average molecular weight is 238 g/mol. The van der Waals surface area contributed by atoms with Gasteiger partial charge in [0.15, 0.2) is 0 Å². The SMILES string of the molecule is CCCC(CCO)CNC(=O)Cc1ccc[nH]1. The van der Waals surface area contributed by atoms with Crippen molar-refractivity contribution in [2.45, 2.75) is 32.6 Å². The van der Waals surface area contributed by atoms with Crippen LogP contribution in [0.2, 0.25) is 0 Å². The number of aliphatic hydroxyl groups excluding tert-OH is 1. The molecule has 0 saturated carbocycles. The lowest BCUT2D eigenvalue weighted by molar-refractivity contribution is -0.120. The number of amides is 1. The van der Waals surface area contributed by atoms with E-state index in [1.54, 1.807) is 0 Å². The number of hydrogen-bond donors (Lipinski definition) is 3. The first-order chi connectivity index (χ1) is 8.26. The standard InChI is InChI=1S/C13H22N2O2/c1-2-4-11(6-8-16)10-15-13(17)9-12-5-3-7-14-12/h3,5,7,11,14,16H,2,4,6,8-10H2,1H3,(H,15,17). The van der Waals surface area contributed by atoms with Crippen molar-refractivity contribution in [2.75, 3.05) is 13.2 Å². The molecule has 96 valence electrons. The van der Waals surface area contributed by atoms with E-state index in [9.17, 15) is 4.79 Å². The summed E-state index contributed by atoms with van der Waals surface area (Å²) in [5, 5.41) is 11.8. The summed E-state index contributed by atoms with van der Waals surface area (Å²) in [4.78, 5) is 14.6. The Kier molecular flexibility index (Phi) is 6.40. The maximum atomic E-state index is 11.6. The number of hydrogen-bond acceptors (Lipinski definition) is 2. The molecule has 1 aromatic heterocycles. The highest BCUT2D eigenvalue weighted by Crippen LogP contribution is 2.09. The summed E-state index contributed by atoms with van der Waals surface area (Å²) in [6, 6.07) is 3.78. The van der Waals surface area contributed by atoms with Crippen molar-refractivity contribution in [1.29, 1.82) is 0 Å².